The molecule has 0 aliphatic carbocycles. The van der Waals surface area contributed by atoms with Crippen molar-refractivity contribution in [3.63, 3.8) is 0 Å². The summed E-state index contributed by atoms with van der Waals surface area (Å²) in [5, 5.41) is 5.30. The van der Waals surface area contributed by atoms with Crippen molar-refractivity contribution < 1.29 is 33.0 Å². The molecule has 13 nitrogen and oxygen atoms in total. The SMILES string of the molecule is CCNC(=O)Nc1ncnc2c1ncn2[C@@H]1O[C@H](COP(C)(=O)O)C2O[C@H](/C=C/c3ccccc3)O[C@@H]21. The van der Waals surface area contributed by atoms with Gasteiger partial charge in [-0.1, -0.05) is 36.4 Å². The summed E-state index contributed by atoms with van der Waals surface area (Å²) in [4.78, 5) is 34.5. The quantitative estimate of drug-likeness (QED) is 0.370. The molecule has 2 aliphatic heterocycles. The standard InChI is InChI=1S/C23H27N6O7P/c1-3-24-23(30)28-20-17-21(26-12-25-20)29(13-27-17)22-19-18(15(34-22)11-33-37(2,31)32)35-16(36-19)10-9-14-7-5-4-6-8-14/h4-10,12-13,15-16,18-19,22H,3,11H2,1-2H3,(H,31,32)(H2,24,25,26,28,30)/b10-9+/t15-,16+,18?,19+,22-/m1/s1. The number of anilines is 1. The number of amides is 2. The van der Waals surface area contributed by atoms with E-state index in [1.807, 2.05) is 36.4 Å². The maximum atomic E-state index is 12.0. The summed E-state index contributed by atoms with van der Waals surface area (Å²) in [6, 6.07) is 9.29. The van der Waals surface area contributed by atoms with E-state index in [4.69, 9.17) is 18.7 Å². The van der Waals surface area contributed by atoms with Gasteiger partial charge in [-0.05, 0) is 18.6 Å². The minimum Gasteiger partial charge on any atom is -0.347 e. The Balaban J connectivity index is 1.41. The summed E-state index contributed by atoms with van der Waals surface area (Å²) >= 11 is 0. The van der Waals surface area contributed by atoms with Crippen LogP contribution >= 0.6 is 7.60 Å². The van der Waals surface area contributed by atoms with Crippen LogP contribution in [0, 0.1) is 0 Å². The van der Waals surface area contributed by atoms with E-state index in [0.717, 1.165) is 12.2 Å². The van der Waals surface area contributed by atoms with Crippen LogP contribution in [0.4, 0.5) is 10.6 Å². The summed E-state index contributed by atoms with van der Waals surface area (Å²) in [6.07, 6.45) is 3.22. The zero-order chi connectivity index (χ0) is 26.0. The summed E-state index contributed by atoms with van der Waals surface area (Å²) in [6.45, 7) is 3.19. The highest BCUT2D eigenvalue weighted by molar-refractivity contribution is 7.51. The number of imidazole rings is 1. The summed E-state index contributed by atoms with van der Waals surface area (Å²) < 4.78 is 37.1. The number of rotatable bonds is 8. The third kappa shape index (κ3) is 5.72. The summed E-state index contributed by atoms with van der Waals surface area (Å²) in [5.74, 6) is 0.239. The van der Waals surface area contributed by atoms with Gasteiger partial charge in [-0.2, -0.15) is 0 Å². The molecule has 6 atom stereocenters. The average Bonchev–Trinajstić information content (AvgIpc) is 3.56. The molecule has 2 aromatic heterocycles. The lowest BCUT2D eigenvalue weighted by Gasteiger charge is -2.20. The number of benzene rings is 1. The van der Waals surface area contributed by atoms with Crippen LogP contribution in [0.3, 0.4) is 0 Å². The van der Waals surface area contributed by atoms with Gasteiger partial charge in [0.25, 0.3) is 0 Å². The van der Waals surface area contributed by atoms with Crippen LogP contribution in [0.2, 0.25) is 0 Å². The fourth-order valence-corrected chi connectivity index (χ4v) is 4.64. The molecule has 0 radical (unpaired) electrons. The first-order valence-electron chi connectivity index (χ1n) is 11.7. The van der Waals surface area contributed by atoms with Crippen LogP contribution in [0.1, 0.15) is 18.7 Å². The van der Waals surface area contributed by atoms with Crippen molar-refractivity contribution in [2.45, 2.75) is 37.8 Å². The maximum absolute atomic E-state index is 12.0. The highest BCUT2D eigenvalue weighted by Gasteiger charge is 2.53. The molecular formula is C23H27N6O7P. The Bertz CT molecular complexity index is 1330. The number of carbonyl (C=O) groups is 1. The molecule has 2 saturated heterocycles. The van der Waals surface area contributed by atoms with Crippen LogP contribution < -0.4 is 10.6 Å². The highest BCUT2D eigenvalue weighted by Crippen LogP contribution is 2.43. The van der Waals surface area contributed by atoms with Crippen molar-refractivity contribution in [2.24, 2.45) is 0 Å². The Labute approximate surface area is 212 Å². The van der Waals surface area contributed by atoms with Gasteiger partial charge in [0.2, 0.25) is 0 Å². The predicted octanol–water partition coefficient (Wildman–Crippen LogP) is 2.52. The Morgan fingerprint density at radius 1 is 1.19 bits per heavy atom. The molecule has 196 valence electrons. The molecule has 2 unspecified atom stereocenters. The minimum absolute atomic E-state index is 0.175. The van der Waals surface area contributed by atoms with Gasteiger partial charge < -0.3 is 28.9 Å². The van der Waals surface area contributed by atoms with Gasteiger partial charge in [0.1, 0.15) is 24.6 Å². The lowest BCUT2D eigenvalue weighted by molar-refractivity contribution is -0.131. The predicted molar refractivity (Wildman–Crippen MR) is 133 cm³/mol. The first-order chi connectivity index (χ1) is 17.8. The number of hydrogen-bond acceptors (Lipinski definition) is 9. The number of urea groups is 1. The number of carbonyl (C=O) groups excluding carboxylic acids is 1. The smallest absolute Gasteiger partial charge is 0.325 e. The molecular weight excluding hydrogens is 503 g/mol. The van der Waals surface area contributed by atoms with Crippen LogP contribution in [0.15, 0.2) is 49.1 Å². The molecule has 2 amide bonds. The van der Waals surface area contributed by atoms with Gasteiger partial charge in [0, 0.05) is 13.2 Å². The topological polar surface area (TPSA) is 159 Å². The Morgan fingerprint density at radius 3 is 2.73 bits per heavy atom. The van der Waals surface area contributed by atoms with E-state index in [-0.39, 0.29) is 12.4 Å². The average molecular weight is 530 g/mol. The van der Waals surface area contributed by atoms with E-state index in [2.05, 4.69) is 25.6 Å². The van der Waals surface area contributed by atoms with Crippen molar-refractivity contribution in [3.8, 4) is 0 Å². The molecule has 0 saturated carbocycles. The number of aromatic nitrogens is 4. The van der Waals surface area contributed by atoms with Crippen LogP contribution in [-0.2, 0) is 23.3 Å². The zero-order valence-electron chi connectivity index (χ0n) is 20.1. The highest BCUT2D eigenvalue weighted by atomic mass is 31.2. The van der Waals surface area contributed by atoms with E-state index in [1.54, 1.807) is 17.6 Å². The van der Waals surface area contributed by atoms with Gasteiger partial charge in [0.15, 0.2) is 29.5 Å². The molecule has 3 aromatic rings. The molecule has 14 heteroatoms. The third-order valence-electron chi connectivity index (χ3n) is 5.79. The first kappa shape index (κ1) is 25.5. The lowest BCUT2D eigenvalue weighted by Crippen LogP contribution is -2.31. The van der Waals surface area contributed by atoms with Crippen LogP contribution in [0.5, 0.6) is 0 Å². The van der Waals surface area contributed by atoms with Crippen molar-refractivity contribution in [3.05, 3.63) is 54.6 Å². The van der Waals surface area contributed by atoms with Gasteiger partial charge in [-0.25, -0.2) is 19.7 Å². The van der Waals surface area contributed by atoms with Gasteiger partial charge >= 0.3 is 13.6 Å². The third-order valence-corrected chi connectivity index (χ3v) is 6.42. The molecule has 4 heterocycles. The van der Waals surface area contributed by atoms with Gasteiger partial charge in [0.05, 0.1) is 12.9 Å². The molecule has 2 aliphatic rings. The fraction of sp³-hybridized carbons (Fsp3) is 0.391. The Hall–Kier alpha value is -3.19. The van der Waals surface area contributed by atoms with E-state index >= 15 is 0 Å². The monoisotopic (exact) mass is 530 g/mol. The van der Waals surface area contributed by atoms with Crippen LogP contribution in [-0.4, -0.2) is 74.9 Å². The second kappa shape index (κ2) is 10.7. The summed E-state index contributed by atoms with van der Waals surface area (Å²) in [5.41, 5.74) is 1.75. The Morgan fingerprint density at radius 2 is 1.97 bits per heavy atom. The minimum atomic E-state index is -3.74. The first-order valence-corrected chi connectivity index (χ1v) is 13.7. The fourth-order valence-electron chi connectivity index (χ4n) is 4.22. The largest absolute Gasteiger partial charge is 0.347 e. The number of nitrogens with one attached hydrogen (secondary N) is 2. The number of fused-ring (bicyclic) bond motifs is 2. The molecule has 0 spiro atoms. The van der Waals surface area contributed by atoms with E-state index < -0.39 is 44.5 Å². The summed E-state index contributed by atoms with van der Waals surface area (Å²) in [7, 11) is -3.74. The van der Waals surface area contributed by atoms with Crippen LogP contribution in [0.25, 0.3) is 17.2 Å². The van der Waals surface area contributed by atoms with E-state index in [9.17, 15) is 14.3 Å². The molecule has 1 aromatic carbocycles. The van der Waals surface area contributed by atoms with Gasteiger partial charge in [-0.15, -0.1) is 0 Å². The molecule has 37 heavy (non-hydrogen) atoms. The number of hydrogen-bond donors (Lipinski definition) is 3. The van der Waals surface area contributed by atoms with Crippen molar-refractivity contribution in [1.82, 2.24) is 24.8 Å². The Kier molecular flexibility index (Phi) is 7.33. The molecule has 2 fully saturated rings. The van der Waals surface area contributed by atoms with Gasteiger partial charge in [-0.3, -0.25) is 14.4 Å². The second-order valence-corrected chi connectivity index (χ2v) is 10.4. The molecule has 5 rings (SSSR count). The van der Waals surface area contributed by atoms with E-state index in [0.29, 0.717) is 17.7 Å². The van der Waals surface area contributed by atoms with Crippen molar-refractivity contribution in [2.75, 3.05) is 25.1 Å². The maximum Gasteiger partial charge on any atom is 0.325 e. The zero-order valence-corrected chi connectivity index (χ0v) is 21.0. The molecule has 3 N–H and O–H groups in total. The normalized spacial score (nSPS) is 26.8. The van der Waals surface area contributed by atoms with Crippen molar-refractivity contribution >= 4 is 36.7 Å². The molecule has 0 bridgehead atoms. The number of nitrogens with zero attached hydrogens (tertiary/aromatic N) is 4. The lowest BCUT2D eigenvalue weighted by atomic mass is 10.1. The van der Waals surface area contributed by atoms with Crippen molar-refractivity contribution in [1.29, 1.82) is 0 Å². The van der Waals surface area contributed by atoms with E-state index in [1.165, 1.54) is 12.7 Å². The number of ether oxygens (including phenoxy) is 3. The second-order valence-electron chi connectivity index (χ2n) is 8.53.